The molecule has 3 nitrogen and oxygen atoms in total. The van der Waals surface area contributed by atoms with Crippen LogP contribution in [-0.2, 0) is 12.8 Å². The number of piperidine rings is 1. The van der Waals surface area contributed by atoms with Crippen molar-refractivity contribution in [3.63, 3.8) is 0 Å². The summed E-state index contributed by atoms with van der Waals surface area (Å²) >= 11 is 0. The normalized spacial score (nSPS) is 16.9. The zero-order valence-corrected chi connectivity index (χ0v) is 19.8. The number of rotatable bonds is 5. The molecule has 3 aromatic rings. The van der Waals surface area contributed by atoms with Crippen molar-refractivity contribution < 1.29 is 9.84 Å². The number of hydrogen-bond acceptors (Lipinski definition) is 3. The minimum atomic E-state index is 0. The second-order valence-electron chi connectivity index (χ2n) is 8.88. The molecule has 1 aliphatic carbocycles. The van der Waals surface area contributed by atoms with Crippen molar-refractivity contribution in [2.75, 3.05) is 26.2 Å². The maximum absolute atomic E-state index is 9.67. The predicted molar refractivity (Wildman–Crippen MR) is 138 cm³/mol. The Hall–Kier alpha value is -2.75. The van der Waals surface area contributed by atoms with Gasteiger partial charge in [-0.3, -0.25) is 4.90 Å². The van der Waals surface area contributed by atoms with Gasteiger partial charge in [-0.25, -0.2) is 0 Å². The molecule has 5 rings (SSSR count). The lowest BCUT2D eigenvalue weighted by Crippen LogP contribution is -2.33. The van der Waals surface area contributed by atoms with E-state index in [4.69, 9.17) is 4.74 Å². The Bertz CT molecular complexity index is 1100. The molecule has 0 atom stereocenters. The van der Waals surface area contributed by atoms with Gasteiger partial charge in [0, 0.05) is 6.54 Å². The Morgan fingerprint density at radius 3 is 2.36 bits per heavy atom. The summed E-state index contributed by atoms with van der Waals surface area (Å²) in [6, 6.07) is 22.7. The largest absolute Gasteiger partial charge is 0.508 e. The molecular formula is C29H32ClNO2. The molecular weight excluding hydrogens is 430 g/mol. The van der Waals surface area contributed by atoms with Crippen LogP contribution in [0.2, 0.25) is 0 Å². The number of aromatic hydroxyl groups is 1. The quantitative estimate of drug-likeness (QED) is 0.479. The molecule has 0 amide bonds. The number of aryl methyl sites for hydroxylation is 2. The van der Waals surface area contributed by atoms with Gasteiger partial charge in [0.1, 0.15) is 18.1 Å². The van der Waals surface area contributed by atoms with E-state index in [1.807, 2.05) is 12.1 Å². The molecule has 0 radical (unpaired) electrons. The summed E-state index contributed by atoms with van der Waals surface area (Å²) in [5.74, 6) is 1.26. The molecule has 33 heavy (non-hydrogen) atoms. The first-order chi connectivity index (χ1) is 15.8. The third-order valence-electron chi connectivity index (χ3n) is 6.67. The van der Waals surface area contributed by atoms with Crippen molar-refractivity contribution in [3.8, 4) is 11.5 Å². The number of hydrogen-bond donors (Lipinski definition) is 1. The van der Waals surface area contributed by atoms with Crippen LogP contribution in [0, 0.1) is 0 Å². The summed E-state index contributed by atoms with van der Waals surface area (Å²) < 4.78 is 6.17. The standard InChI is InChI=1S/C29H31NO2.ClH/c31-25-12-8-22(9-13-25)20-29-27-7-3-2-6-23(27)10-11-24-21-26(14-15-28(24)29)32-19-18-30-16-4-1-5-17-30;/h2-3,6-9,12-15,20-21,31H,1,4-5,10-11,16-19H2;1H. The number of phenols is 1. The first-order valence-corrected chi connectivity index (χ1v) is 11.8. The third kappa shape index (κ3) is 5.61. The lowest BCUT2D eigenvalue weighted by atomic mass is 9.92. The van der Waals surface area contributed by atoms with Crippen LogP contribution in [0.5, 0.6) is 11.5 Å². The van der Waals surface area contributed by atoms with Crippen molar-refractivity contribution in [2.24, 2.45) is 0 Å². The average molecular weight is 462 g/mol. The van der Waals surface area contributed by atoms with Gasteiger partial charge in [-0.05, 0) is 103 Å². The summed E-state index contributed by atoms with van der Waals surface area (Å²) in [6.45, 7) is 4.16. The monoisotopic (exact) mass is 461 g/mol. The molecule has 1 heterocycles. The number of likely N-dealkylation sites (tertiary alicyclic amines) is 1. The molecule has 1 saturated heterocycles. The van der Waals surface area contributed by atoms with Crippen LogP contribution in [0.3, 0.4) is 0 Å². The Labute approximate surface area is 203 Å². The van der Waals surface area contributed by atoms with E-state index in [1.165, 1.54) is 60.2 Å². The van der Waals surface area contributed by atoms with Gasteiger partial charge in [-0.1, -0.05) is 48.9 Å². The van der Waals surface area contributed by atoms with Crippen LogP contribution >= 0.6 is 12.4 Å². The maximum Gasteiger partial charge on any atom is 0.119 e. The van der Waals surface area contributed by atoms with Crippen molar-refractivity contribution in [1.29, 1.82) is 0 Å². The lowest BCUT2D eigenvalue weighted by molar-refractivity contribution is 0.183. The summed E-state index contributed by atoms with van der Waals surface area (Å²) in [7, 11) is 0. The molecule has 0 saturated carbocycles. The Balaban J connectivity index is 0.00000259. The fourth-order valence-corrected chi connectivity index (χ4v) is 4.91. The van der Waals surface area contributed by atoms with Crippen molar-refractivity contribution in [3.05, 3.63) is 94.5 Å². The number of benzene rings is 3. The van der Waals surface area contributed by atoms with Gasteiger partial charge < -0.3 is 9.84 Å². The Kier molecular flexibility index (Phi) is 7.74. The second kappa shape index (κ2) is 10.9. The highest BCUT2D eigenvalue weighted by atomic mass is 35.5. The molecule has 2 aliphatic rings. The Morgan fingerprint density at radius 1 is 0.818 bits per heavy atom. The van der Waals surface area contributed by atoms with Gasteiger partial charge in [-0.2, -0.15) is 0 Å². The molecule has 0 aromatic heterocycles. The highest BCUT2D eigenvalue weighted by Crippen LogP contribution is 2.36. The topological polar surface area (TPSA) is 32.7 Å². The maximum atomic E-state index is 9.67. The van der Waals surface area contributed by atoms with Crippen LogP contribution in [0.1, 0.15) is 47.1 Å². The van der Waals surface area contributed by atoms with E-state index in [-0.39, 0.29) is 12.4 Å². The van der Waals surface area contributed by atoms with Gasteiger partial charge >= 0.3 is 0 Å². The minimum absolute atomic E-state index is 0. The van der Waals surface area contributed by atoms with Gasteiger partial charge in [0.25, 0.3) is 0 Å². The number of fused-ring (bicyclic) bond motifs is 2. The zero-order valence-electron chi connectivity index (χ0n) is 19.0. The van der Waals surface area contributed by atoms with E-state index in [0.717, 1.165) is 37.3 Å². The molecule has 172 valence electrons. The molecule has 0 unspecified atom stereocenters. The summed E-state index contributed by atoms with van der Waals surface area (Å²) in [5, 5.41) is 9.67. The molecule has 0 bridgehead atoms. The number of phenolic OH excluding ortho intramolecular Hbond substituents is 1. The zero-order chi connectivity index (χ0) is 21.8. The van der Waals surface area contributed by atoms with Gasteiger partial charge in [0.05, 0.1) is 0 Å². The summed E-state index contributed by atoms with van der Waals surface area (Å²) in [5.41, 5.74) is 7.59. The lowest BCUT2D eigenvalue weighted by Gasteiger charge is -2.26. The van der Waals surface area contributed by atoms with E-state index in [1.54, 1.807) is 12.1 Å². The predicted octanol–water partition coefficient (Wildman–Crippen LogP) is 6.37. The molecule has 1 aliphatic heterocycles. The van der Waals surface area contributed by atoms with E-state index in [0.29, 0.717) is 5.75 Å². The molecule has 0 spiro atoms. The van der Waals surface area contributed by atoms with Crippen LogP contribution in [0.4, 0.5) is 0 Å². The van der Waals surface area contributed by atoms with E-state index in [2.05, 4.69) is 53.4 Å². The number of ether oxygens (including phenoxy) is 1. The Morgan fingerprint density at radius 2 is 1.55 bits per heavy atom. The van der Waals surface area contributed by atoms with Crippen LogP contribution < -0.4 is 4.74 Å². The smallest absolute Gasteiger partial charge is 0.119 e. The van der Waals surface area contributed by atoms with E-state index < -0.39 is 0 Å². The first kappa shape index (κ1) is 23.4. The molecule has 1 fully saturated rings. The number of nitrogens with zero attached hydrogens (tertiary/aromatic N) is 1. The van der Waals surface area contributed by atoms with Crippen LogP contribution in [0.15, 0.2) is 66.7 Å². The summed E-state index contributed by atoms with van der Waals surface area (Å²) in [4.78, 5) is 2.52. The highest BCUT2D eigenvalue weighted by molar-refractivity contribution is 5.94. The number of halogens is 1. The summed E-state index contributed by atoms with van der Waals surface area (Å²) in [6.07, 6.45) is 8.25. The average Bonchev–Trinajstić information content (AvgIpc) is 2.98. The van der Waals surface area contributed by atoms with E-state index >= 15 is 0 Å². The van der Waals surface area contributed by atoms with Gasteiger partial charge in [-0.15, -0.1) is 12.4 Å². The molecule has 4 heteroatoms. The fourth-order valence-electron chi connectivity index (χ4n) is 4.91. The van der Waals surface area contributed by atoms with Gasteiger partial charge in [0.15, 0.2) is 0 Å². The van der Waals surface area contributed by atoms with Crippen molar-refractivity contribution in [2.45, 2.75) is 32.1 Å². The molecule has 3 aromatic carbocycles. The second-order valence-corrected chi connectivity index (χ2v) is 8.88. The van der Waals surface area contributed by atoms with Crippen LogP contribution in [0.25, 0.3) is 11.6 Å². The van der Waals surface area contributed by atoms with Gasteiger partial charge in [0.2, 0.25) is 0 Å². The highest BCUT2D eigenvalue weighted by Gasteiger charge is 2.19. The fraction of sp³-hybridized carbons (Fsp3) is 0.310. The minimum Gasteiger partial charge on any atom is -0.508 e. The van der Waals surface area contributed by atoms with Crippen molar-refractivity contribution >= 4 is 24.1 Å². The van der Waals surface area contributed by atoms with E-state index in [9.17, 15) is 5.11 Å². The van der Waals surface area contributed by atoms with Crippen LogP contribution in [-0.4, -0.2) is 36.2 Å². The first-order valence-electron chi connectivity index (χ1n) is 11.8. The molecule has 1 N–H and O–H groups in total. The SMILES string of the molecule is Cl.Oc1ccc(C=C2c3ccccc3CCc3cc(OCCN4CCCCC4)ccc32)cc1. The van der Waals surface area contributed by atoms with Crippen molar-refractivity contribution in [1.82, 2.24) is 4.90 Å². The third-order valence-corrected chi connectivity index (χ3v) is 6.67.